The SMILES string of the molecule is COc1ccc(N2CCN(c3cccc(C(=O)NC4C5CC6CC4CC(O)(C6)C5)n3)C(C)C2)cc1. The van der Waals surface area contributed by atoms with Gasteiger partial charge < -0.3 is 25.0 Å². The molecule has 1 aromatic carbocycles. The molecular weight excluding hydrogens is 440 g/mol. The fraction of sp³-hybridized carbons (Fsp3) is 0.571. The minimum atomic E-state index is -0.486. The molecule has 3 unspecified atom stereocenters. The topological polar surface area (TPSA) is 77.9 Å². The molecular formula is C28H36N4O3. The van der Waals surface area contributed by atoms with Gasteiger partial charge in [0, 0.05) is 37.4 Å². The number of anilines is 2. The number of rotatable bonds is 5. The molecule has 1 amide bonds. The molecule has 4 aliphatic carbocycles. The van der Waals surface area contributed by atoms with E-state index in [0.717, 1.165) is 63.3 Å². The van der Waals surface area contributed by atoms with Crippen LogP contribution in [0.2, 0.25) is 0 Å². The maximum Gasteiger partial charge on any atom is 0.270 e. The van der Waals surface area contributed by atoms with E-state index >= 15 is 0 Å². The fourth-order valence-corrected chi connectivity index (χ4v) is 7.48. The molecule has 4 bridgehead atoms. The molecule has 2 heterocycles. The molecule has 5 fully saturated rings. The van der Waals surface area contributed by atoms with E-state index in [0.29, 0.717) is 23.4 Å². The third kappa shape index (κ3) is 4.24. The monoisotopic (exact) mass is 476 g/mol. The average Bonchev–Trinajstić information content (AvgIpc) is 2.85. The number of piperazine rings is 1. The molecule has 2 aromatic rings. The number of hydrogen-bond acceptors (Lipinski definition) is 6. The number of nitrogens with one attached hydrogen (secondary N) is 1. The van der Waals surface area contributed by atoms with Gasteiger partial charge in [-0.2, -0.15) is 0 Å². The zero-order valence-corrected chi connectivity index (χ0v) is 20.7. The van der Waals surface area contributed by atoms with E-state index in [-0.39, 0.29) is 18.0 Å². The molecule has 4 saturated carbocycles. The molecule has 1 aromatic heterocycles. The van der Waals surface area contributed by atoms with Gasteiger partial charge in [-0.05, 0) is 93.2 Å². The Balaban J connectivity index is 1.12. The van der Waals surface area contributed by atoms with Crippen molar-refractivity contribution in [2.45, 2.75) is 56.7 Å². The number of benzene rings is 1. The van der Waals surface area contributed by atoms with Crippen LogP contribution < -0.4 is 19.9 Å². The number of carbonyl (C=O) groups is 1. The molecule has 7 heteroatoms. The van der Waals surface area contributed by atoms with Gasteiger partial charge in [0.1, 0.15) is 17.3 Å². The lowest BCUT2D eigenvalue weighted by atomic mass is 9.52. The molecule has 35 heavy (non-hydrogen) atoms. The zero-order valence-electron chi connectivity index (χ0n) is 20.7. The van der Waals surface area contributed by atoms with Gasteiger partial charge in [-0.1, -0.05) is 6.07 Å². The fourth-order valence-electron chi connectivity index (χ4n) is 7.48. The lowest BCUT2D eigenvalue weighted by molar-refractivity contribution is -0.136. The molecule has 0 spiro atoms. The maximum absolute atomic E-state index is 13.2. The quantitative estimate of drug-likeness (QED) is 0.688. The maximum atomic E-state index is 13.2. The van der Waals surface area contributed by atoms with Crippen molar-refractivity contribution >= 4 is 17.4 Å². The summed E-state index contributed by atoms with van der Waals surface area (Å²) in [7, 11) is 1.68. The molecule has 7 nitrogen and oxygen atoms in total. The van der Waals surface area contributed by atoms with Crippen LogP contribution in [0.1, 0.15) is 49.5 Å². The van der Waals surface area contributed by atoms with Gasteiger partial charge >= 0.3 is 0 Å². The Bertz CT molecular complexity index is 1070. The molecule has 0 radical (unpaired) electrons. The lowest BCUT2D eigenvalue weighted by Crippen LogP contribution is -2.61. The number of amides is 1. The Morgan fingerprint density at radius 2 is 1.83 bits per heavy atom. The minimum absolute atomic E-state index is 0.0826. The number of methoxy groups -OCH3 is 1. The van der Waals surface area contributed by atoms with Crippen molar-refractivity contribution in [2.24, 2.45) is 17.8 Å². The average molecular weight is 477 g/mol. The van der Waals surface area contributed by atoms with Gasteiger partial charge in [-0.15, -0.1) is 0 Å². The van der Waals surface area contributed by atoms with Crippen LogP contribution in [0.15, 0.2) is 42.5 Å². The van der Waals surface area contributed by atoms with Crippen LogP contribution in [-0.2, 0) is 0 Å². The highest BCUT2D eigenvalue weighted by Gasteiger charge is 2.55. The molecule has 1 aliphatic heterocycles. The number of nitrogens with zero attached hydrogens (tertiary/aromatic N) is 3. The van der Waals surface area contributed by atoms with E-state index in [4.69, 9.17) is 9.72 Å². The Kier molecular flexibility index (Phi) is 5.63. The number of hydrogen-bond donors (Lipinski definition) is 2. The summed E-state index contributed by atoms with van der Waals surface area (Å²) in [5, 5.41) is 14.2. The van der Waals surface area contributed by atoms with Gasteiger partial charge in [0.15, 0.2) is 0 Å². The molecule has 2 N–H and O–H groups in total. The minimum Gasteiger partial charge on any atom is -0.497 e. The number of aliphatic hydroxyl groups is 1. The summed E-state index contributed by atoms with van der Waals surface area (Å²) < 4.78 is 5.28. The number of pyridine rings is 1. The van der Waals surface area contributed by atoms with E-state index in [9.17, 15) is 9.90 Å². The van der Waals surface area contributed by atoms with Crippen LogP contribution in [-0.4, -0.2) is 60.4 Å². The predicted octanol–water partition coefficient (Wildman–Crippen LogP) is 3.47. The highest BCUT2D eigenvalue weighted by atomic mass is 16.5. The summed E-state index contributed by atoms with van der Waals surface area (Å²) in [6, 6.07) is 14.4. The zero-order chi connectivity index (χ0) is 24.2. The van der Waals surface area contributed by atoms with Crippen molar-refractivity contribution in [3.05, 3.63) is 48.2 Å². The second kappa shape index (κ2) is 8.70. The first kappa shape index (κ1) is 22.7. The highest BCUT2D eigenvalue weighted by molar-refractivity contribution is 5.93. The predicted molar refractivity (Wildman–Crippen MR) is 136 cm³/mol. The summed E-state index contributed by atoms with van der Waals surface area (Å²) in [5.74, 6) is 3.06. The van der Waals surface area contributed by atoms with E-state index in [2.05, 4.69) is 34.2 Å². The standard InChI is InChI=1S/C28H36N4O3/c1-18-17-31(22-6-8-23(35-2)9-7-22)10-11-32(18)25-5-3-4-24(29-25)27(33)30-26-20-12-19-13-21(26)16-28(34,14-19)15-20/h3-9,18-21,26,34H,10-17H2,1-2H3,(H,30,33). The normalized spacial score (nSPS) is 33.6. The van der Waals surface area contributed by atoms with Gasteiger partial charge in [-0.25, -0.2) is 4.98 Å². The van der Waals surface area contributed by atoms with Crippen LogP contribution >= 0.6 is 0 Å². The summed E-state index contributed by atoms with van der Waals surface area (Å²) >= 11 is 0. The Hall–Kier alpha value is -2.80. The summed E-state index contributed by atoms with van der Waals surface area (Å²) in [6.07, 6.45) is 4.87. The number of ether oxygens (including phenoxy) is 1. The largest absolute Gasteiger partial charge is 0.497 e. The molecule has 7 rings (SSSR count). The third-order valence-electron chi connectivity index (χ3n) is 8.86. The second-order valence-corrected chi connectivity index (χ2v) is 11.3. The van der Waals surface area contributed by atoms with Crippen molar-refractivity contribution in [3.8, 4) is 5.75 Å². The highest BCUT2D eigenvalue weighted by Crippen LogP contribution is 2.55. The van der Waals surface area contributed by atoms with Crippen molar-refractivity contribution in [1.29, 1.82) is 0 Å². The van der Waals surface area contributed by atoms with Crippen LogP contribution in [0.5, 0.6) is 5.75 Å². The van der Waals surface area contributed by atoms with Crippen LogP contribution in [0.4, 0.5) is 11.5 Å². The Morgan fingerprint density at radius 1 is 1.09 bits per heavy atom. The molecule has 3 atom stereocenters. The van der Waals surface area contributed by atoms with E-state index in [1.165, 1.54) is 5.69 Å². The Labute approximate surface area is 207 Å². The summed E-state index contributed by atoms with van der Waals surface area (Å²) in [5.41, 5.74) is 1.19. The van der Waals surface area contributed by atoms with Gasteiger partial charge in [0.2, 0.25) is 0 Å². The van der Waals surface area contributed by atoms with E-state index in [1.807, 2.05) is 30.3 Å². The first-order valence-electron chi connectivity index (χ1n) is 13.1. The van der Waals surface area contributed by atoms with E-state index in [1.54, 1.807) is 7.11 Å². The lowest BCUT2D eigenvalue weighted by Gasteiger charge is -2.58. The summed E-state index contributed by atoms with van der Waals surface area (Å²) in [4.78, 5) is 22.7. The Morgan fingerprint density at radius 3 is 2.49 bits per heavy atom. The van der Waals surface area contributed by atoms with E-state index < -0.39 is 5.60 Å². The van der Waals surface area contributed by atoms with Crippen LogP contribution in [0, 0.1) is 17.8 Å². The van der Waals surface area contributed by atoms with Crippen molar-refractivity contribution in [2.75, 3.05) is 36.5 Å². The number of carbonyl (C=O) groups excluding carboxylic acids is 1. The summed E-state index contributed by atoms with van der Waals surface area (Å²) in [6.45, 7) is 4.84. The van der Waals surface area contributed by atoms with Gasteiger partial charge in [0.05, 0.1) is 12.7 Å². The van der Waals surface area contributed by atoms with Crippen molar-refractivity contribution in [3.63, 3.8) is 0 Å². The van der Waals surface area contributed by atoms with Crippen LogP contribution in [0.25, 0.3) is 0 Å². The van der Waals surface area contributed by atoms with Gasteiger partial charge in [0.25, 0.3) is 5.91 Å². The van der Waals surface area contributed by atoms with Gasteiger partial charge in [-0.3, -0.25) is 4.79 Å². The molecule has 1 saturated heterocycles. The second-order valence-electron chi connectivity index (χ2n) is 11.3. The first-order chi connectivity index (χ1) is 16.9. The molecule has 186 valence electrons. The van der Waals surface area contributed by atoms with Crippen molar-refractivity contribution in [1.82, 2.24) is 10.3 Å². The number of aromatic nitrogens is 1. The smallest absolute Gasteiger partial charge is 0.270 e. The van der Waals surface area contributed by atoms with Crippen LogP contribution in [0.3, 0.4) is 0 Å². The first-order valence-corrected chi connectivity index (χ1v) is 13.1. The third-order valence-corrected chi connectivity index (χ3v) is 8.86. The molecule has 5 aliphatic rings. The van der Waals surface area contributed by atoms with Crippen molar-refractivity contribution < 1.29 is 14.6 Å².